The van der Waals surface area contributed by atoms with Crippen molar-refractivity contribution in [1.82, 2.24) is 15.1 Å². The summed E-state index contributed by atoms with van der Waals surface area (Å²) >= 11 is 0. The van der Waals surface area contributed by atoms with Gasteiger partial charge in [-0.05, 0) is 59.7 Å². The molecule has 5 rings (SSSR count). The number of nitrogens with zero attached hydrogens (tertiary/aromatic N) is 2. The number of nitrogens with one attached hydrogen (secondary N) is 2. The average Bonchev–Trinajstić information content (AvgIpc) is 3.34. The van der Waals surface area contributed by atoms with Gasteiger partial charge in [-0.1, -0.05) is 48.6 Å². The number of carbonyl (C=O) groups excluding carboxylic acids is 2. The lowest BCUT2D eigenvalue weighted by atomic mass is 9.95. The fourth-order valence-corrected chi connectivity index (χ4v) is 6.56. The molecule has 0 unspecified atom stereocenters. The molecule has 3 aromatic rings. The van der Waals surface area contributed by atoms with Gasteiger partial charge in [-0.25, -0.2) is 0 Å². The number of piperazine rings is 1. The van der Waals surface area contributed by atoms with Crippen LogP contribution in [0.5, 0.6) is 17.2 Å². The average molecular weight is 655 g/mol. The van der Waals surface area contributed by atoms with Crippen molar-refractivity contribution in [3.63, 3.8) is 0 Å². The molecule has 0 bridgehead atoms. The van der Waals surface area contributed by atoms with Crippen LogP contribution in [0.15, 0.2) is 65.5 Å². The molecule has 2 aliphatic rings. The quantitative estimate of drug-likeness (QED) is 0.265. The van der Waals surface area contributed by atoms with Gasteiger partial charge in [0.05, 0.1) is 33.1 Å². The van der Waals surface area contributed by atoms with E-state index in [1.54, 1.807) is 33.5 Å². The van der Waals surface area contributed by atoms with E-state index in [1.807, 2.05) is 35.2 Å². The molecule has 1 atom stereocenters. The number of benzene rings is 2. The number of carbonyl (C=O) groups is 2. The minimum absolute atomic E-state index is 0.134. The van der Waals surface area contributed by atoms with Crippen LogP contribution in [0.1, 0.15) is 48.9 Å². The number of rotatable bonds is 12. The molecule has 10 nitrogen and oxygen atoms in total. The summed E-state index contributed by atoms with van der Waals surface area (Å²) in [6, 6.07) is 17.1. The summed E-state index contributed by atoms with van der Waals surface area (Å²) < 4.78 is 17.1. The van der Waals surface area contributed by atoms with Gasteiger partial charge in [0.2, 0.25) is 23.0 Å². The Morgan fingerprint density at radius 2 is 1.69 bits per heavy atom. The van der Waals surface area contributed by atoms with Crippen LogP contribution in [0, 0.1) is 0 Å². The van der Waals surface area contributed by atoms with E-state index >= 15 is 0 Å². The number of methoxy groups -OCH3 is 3. The van der Waals surface area contributed by atoms with Crippen LogP contribution in [0.2, 0.25) is 0 Å². The number of aryl methyl sites for hydroxylation is 1. The van der Waals surface area contributed by atoms with Crippen LogP contribution in [-0.4, -0.2) is 82.2 Å². The summed E-state index contributed by atoms with van der Waals surface area (Å²) in [5, 5.41) is 6.29. The fourth-order valence-electron chi connectivity index (χ4n) is 6.56. The van der Waals surface area contributed by atoms with E-state index in [2.05, 4.69) is 39.8 Å². The second-order valence-electron chi connectivity index (χ2n) is 12.1. The zero-order chi connectivity index (χ0) is 34.0. The molecule has 3 aromatic carbocycles. The molecule has 1 aliphatic heterocycles. The minimum Gasteiger partial charge on any atom is -0.493 e. The van der Waals surface area contributed by atoms with Crippen LogP contribution in [0.3, 0.4) is 0 Å². The van der Waals surface area contributed by atoms with E-state index in [9.17, 15) is 14.4 Å². The molecule has 0 aromatic heterocycles. The van der Waals surface area contributed by atoms with Crippen LogP contribution < -0.4 is 30.3 Å². The lowest BCUT2D eigenvalue weighted by Crippen LogP contribution is -2.48. The van der Waals surface area contributed by atoms with Gasteiger partial charge in [0.15, 0.2) is 11.5 Å². The molecule has 1 heterocycles. The highest BCUT2D eigenvalue weighted by molar-refractivity contribution is 5.84. The molecule has 0 radical (unpaired) electrons. The maximum Gasteiger partial charge on any atom is 0.222 e. The van der Waals surface area contributed by atoms with Gasteiger partial charge in [0.1, 0.15) is 0 Å². The standard InChI is InChI=1S/C38H46N4O6/c1-26(43)40-31-16-14-28-24-34(46-2)37(47-3)38(48-4)36(28)29-15-17-32(33(44)25-30(29)31)39-18-8-13-35(45)42-22-20-41(21-23-42)19-9-12-27-10-6-5-7-11-27/h5-7,9-12,15,17,24-25,31H,8,13-14,16,18-23H2,1-4H3,(H,39,44)(H,40,43)/t31-/m0/s1. The van der Waals surface area contributed by atoms with Gasteiger partial charge >= 0.3 is 0 Å². The van der Waals surface area contributed by atoms with Gasteiger partial charge in [0.25, 0.3) is 0 Å². The van der Waals surface area contributed by atoms with Crippen LogP contribution in [0.4, 0.5) is 5.69 Å². The van der Waals surface area contributed by atoms with Gasteiger partial charge < -0.3 is 29.7 Å². The molecule has 2 amide bonds. The van der Waals surface area contributed by atoms with Gasteiger partial charge in [0, 0.05) is 58.2 Å². The number of ether oxygens (including phenoxy) is 3. The minimum atomic E-state index is -0.377. The van der Waals surface area contributed by atoms with Crippen molar-refractivity contribution in [3.8, 4) is 28.4 Å². The Balaban J connectivity index is 1.24. The maximum atomic E-state index is 13.6. The van der Waals surface area contributed by atoms with Gasteiger partial charge in [-0.15, -0.1) is 0 Å². The highest BCUT2D eigenvalue weighted by Crippen LogP contribution is 2.50. The Hall–Kier alpha value is -4.83. The highest BCUT2D eigenvalue weighted by Gasteiger charge is 2.29. The summed E-state index contributed by atoms with van der Waals surface area (Å²) in [6.07, 6.45) is 6.52. The monoisotopic (exact) mass is 654 g/mol. The SMILES string of the molecule is COc1cc2c(c(OC)c1OC)-c1ccc(NCCCC(=O)N3CCN(CC=Cc4ccccc4)CC3)c(=O)cc1[C@@H](NC(C)=O)CC2. The Bertz CT molecular complexity index is 1690. The Kier molecular flexibility index (Phi) is 11.7. The highest BCUT2D eigenvalue weighted by atomic mass is 16.5. The predicted molar refractivity (Wildman–Crippen MR) is 189 cm³/mol. The number of hydrogen-bond acceptors (Lipinski definition) is 8. The molecule has 0 saturated carbocycles. The number of anilines is 1. The van der Waals surface area contributed by atoms with Crippen molar-refractivity contribution < 1.29 is 23.8 Å². The fraction of sp³-hybridized carbons (Fsp3) is 0.395. The van der Waals surface area contributed by atoms with Crippen molar-refractivity contribution >= 4 is 23.6 Å². The van der Waals surface area contributed by atoms with E-state index in [4.69, 9.17) is 14.2 Å². The molecular weight excluding hydrogens is 608 g/mol. The lowest BCUT2D eigenvalue weighted by Gasteiger charge is -2.34. The van der Waals surface area contributed by atoms with Crippen molar-refractivity contribution in [1.29, 1.82) is 0 Å². The third-order valence-corrected chi connectivity index (χ3v) is 9.00. The number of fused-ring (bicyclic) bond motifs is 3. The first kappa shape index (κ1) is 34.5. The predicted octanol–water partition coefficient (Wildman–Crippen LogP) is 4.91. The molecule has 1 aliphatic carbocycles. The summed E-state index contributed by atoms with van der Waals surface area (Å²) in [5.41, 5.74) is 4.66. The smallest absolute Gasteiger partial charge is 0.222 e. The Morgan fingerprint density at radius 1 is 0.938 bits per heavy atom. The lowest BCUT2D eigenvalue weighted by molar-refractivity contribution is -0.132. The van der Waals surface area contributed by atoms with Crippen molar-refractivity contribution in [2.24, 2.45) is 0 Å². The first-order valence-electron chi connectivity index (χ1n) is 16.6. The summed E-state index contributed by atoms with van der Waals surface area (Å²) in [4.78, 5) is 43.0. The molecule has 1 saturated heterocycles. The van der Waals surface area contributed by atoms with E-state index in [0.717, 1.165) is 36.3 Å². The van der Waals surface area contributed by atoms with E-state index in [0.29, 0.717) is 73.8 Å². The summed E-state index contributed by atoms with van der Waals surface area (Å²) in [7, 11) is 4.72. The third-order valence-electron chi connectivity index (χ3n) is 9.00. The van der Waals surface area contributed by atoms with Gasteiger partial charge in [-0.2, -0.15) is 0 Å². The normalized spacial score (nSPS) is 16.0. The van der Waals surface area contributed by atoms with Gasteiger partial charge in [-0.3, -0.25) is 19.3 Å². The summed E-state index contributed by atoms with van der Waals surface area (Å²) in [6.45, 7) is 5.94. The Labute approximate surface area is 282 Å². The molecular formula is C38H46N4O6. The zero-order valence-corrected chi connectivity index (χ0v) is 28.3. The molecule has 0 spiro atoms. The van der Waals surface area contributed by atoms with Crippen molar-refractivity contribution in [3.05, 3.63) is 87.6 Å². The Morgan fingerprint density at radius 3 is 2.38 bits per heavy atom. The topological polar surface area (TPSA) is 109 Å². The first-order valence-corrected chi connectivity index (χ1v) is 16.6. The molecule has 48 heavy (non-hydrogen) atoms. The van der Waals surface area contributed by atoms with E-state index in [1.165, 1.54) is 12.5 Å². The van der Waals surface area contributed by atoms with Crippen LogP contribution >= 0.6 is 0 Å². The molecule has 10 heteroatoms. The summed E-state index contributed by atoms with van der Waals surface area (Å²) in [5.74, 6) is 1.47. The van der Waals surface area contributed by atoms with Crippen molar-refractivity contribution in [2.75, 3.05) is 65.9 Å². The number of amides is 2. The largest absolute Gasteiger partial charge is 0.493 e. The second kappa shape index (κ2) is 16.3. The van der Waals surface area contributed by atoms with Crippen LogP contribution in [0.25, 0.3) is 17.2 Å². The van der Waals surface area contributed by atoms with Crippen LogP contribution in [-0.2, 0) is 16.0 Å². The van der Waals surface area contributed by atoms with E-state index in [-0.39, 0.29) is 23.3 Å². The number of hydrogen-bond donors (Lipinski definition) is 2. The molecule has 254 valence electrons. The zero-order valence-electron chi connectivity index (χ0n) is 28.3. The molecule has 2 N–H and O–H groups in total. The first-order chi connectivity index (χ1) is 23.3. The van der Waals surface area contributed by atoms with E-state index < -0.39 is 0 Å². The molecule has 1 fully saturated rings. The third kappa shape index (κ3) is 8.17. The van der Waals surface area contributed by atoms with Crippen molar-refractivity contribution in [2.45, 2.75) is 38.6 Å². The second-order valence-corrected chi connectivity index (χ2v) is 12.1. The maximum absolute atomic E-state index is 13.6.